The molecule has 0 radical (unpaired) electrons. The molecule has 14 heteroatoms. The molecule has 1 aliphatic rings. The minimum absolute atomic E-state index is 0.341. The molecule has 0 bridgehead atoms. The van der Waals surface area contributed by atoms with E-state index >= 15 is 0 Å². The maximum atomic E-state index is 13.0. The van der Waals surface area contributed by atoms with Crippen LogP contribution in [0.25, 0.3) is 0 Å². The Kier molecular flexibility index (Phi) is 9.22. The lowest BCUT2D eigenvalue weighted by molar-refractivity contribution is -0.385. The molecule has 2 rings (SSSR count). The molecular formula is C21H24N2O12. The summed E-state index contributed by atoms with van der Waals surface area (Å²) < 4.78 is 26.3. The number of nitro groups is 1. The van der Waals surface area contributed by atoms with E-state index in [4.69, 9.17) is 23.7 Å². The van der Waals surface area contributed by atoms with Crippen LogP contribution in [0.3, 0.4) is 0 Å². The van der Waals surface area contributed by atoms with Crippen molar-refractivity contribution in [2.45, 2.75) is 58.3 Å². The molecule has 0 aliphatic carbocycles. The molecule has 1 aromatic carbocycles. The number of nitro benzene ring substituents is 1. The third-order valence-electron chi connectivity index (χ3n) is 4.63. The first kappa shape index (κ1) is 27.2. The van der Waals surface area contributed by atoms with Crippen LogP contribution in [0, 0.1) is 10.1 Å². The van der Waals surface area contributed by atoms with Gasteiger partial charge in [0.15, 0.2) is 12.2 Å². The number of carbonyl (C=O) groups excluding carboxylic acids is 5. The summed E-state index contributed by atoms with van der Waals surface area (Å²) in [5.41, 5.74) is -0.856. The van der Waals surface area contributed by atoms with Crippen LogP contribution in [0.4, 0.5) is 5.69 Å². The minimum Gasteiger partial charge on any atom is -0.463 e. The summed E-state index contributed by atoms with van der Waals surface area (Å²) in [6.45, 7) is 3.79. The Morgan fingerprint density at radius 3 is 2.03 bits per heavy atom. The molecule has 0 saturated carbocycles. The van der Waals surface area contributed by atoms with Gasteiger partial charge in [0.05, 0.1) is 4.92 Å². The van der Waals surface area contributed by atoms with E-state index in [0.29, 0.717) is 0 Å². The Labute approximate surface area is 198 Å². The monoisotopic (exact) mass is 496 g/mol. The normalized spacial score (nSPS) is 23.4. The van der Waals surface area contributed by atoms with Gasteiger partial charge in [-0.15, -0.1) is 0 Å². The number of nitrogens with one attached hydrogen (secondary N) is 1. The fourth-order valence-electron chi connectivity index (χ4n) is 3.37. The molecule has 1 aliphatic heterocycles. The van der Waals surface area contributed by atoms with Crippen LogP contribution in [0.1, 0.15) is 38.1 Å². The molecule has 1 saturated heterocycles. The molecule has 1 amide bonds. The van der Waals surface area contributed by atoms with Crippen molar-refractivity contribution in [2.75, 3.05) is 6.61 Å². The molecule has 1 aromatic rings. The van der Waals surface area contributed by atoms with Crippen molar-refractivity contribution in [3.05, 3.63) is 39.9 Å². The zero-order valence-electron chi connectivity index (χ0n) is 19.2. The standard InChI is InChI=1S/C21H24N2O12/c1-10(24)31-9-16-18(32-11(2)25)19(33-12(3)26)17(21(35-16)34-13(4)27)22-20(28)14-7-5-6-8-15(14)23(29)30/h5-8,16-19,21H,9H2,1-4H3,(H,22,28)/t16-,17+,18-,19-,21-/m1/s1. The van der Waals surface area contributed by atoms with Gasteiger partial charge in [-0.05, 0) is 6.07 Å². The van der Waals surface area contributed by atoms with Gasteiger partial charge in [0.25, 0.3) is 11.6 Å². The number of ether oxygens (including phenoxy) is 5. The zero-order chi connectivity index (χ0) is 26.3. The van der Waals surface area contributed by atoms with Crippen molar-refractivity contribution in [2.24, 2.45) is 0 Å². The highest BCUT2D eigenvalue weighted by Gasteiger charge is 2.52. The first-order chi connectivity index (χ1) is 16.4. The average molecular weight is 496 g/mol. The maximum Gasteiger partial charge on any atom is 0.305 e. The van der Waals surface area contributed by atoms with Gasteiger partial charge in [0, 0.05) is 33.8 Å². The minimum atomic E-state index is -1.61. The SMILES string of the molecule is CC(=O)OC[C@H]1O[C@@H](OC(C)=O)[C@@H](NC(=O)c2ccccc2[N+](=O)[O-])[C@@H](OC(C)=O)[C@@H]1OC(C)=O. The van der Waals surface area contributed by atoms with Crippen LogP contribution < -0.4 is 5.32 Å². The fraction of sp³-hybridized carbons (Fsp3) is 0.476. The van der Waals surface area contributed by atoms with E-state index in [0.717, 1.165) is 33.8 Å². The Balaban J connectivity index is 2.51. The van der Waals surface area contributed by atoms with Crippen molar-refractivity contribution in [1.29, 1.82) is 0 Å². The highest BCUT2D eigenvalue weighted by molar-refractivity contribution is 5.98. The Morgan fingerprint density at radius 2 is 1.49 bits per heavy atom. The van der Waals surface area contributed by atoms with Crippen molar-refractivity contribution >= 4 is 35.5 Å². The van der Waals surface area contributed by atoms with Crippen molar-refractivity contribution in [3.8, 4) is 0 Å². The van der Waals surface area contributed by atoms with Crippen LogP contribution in [0.15, 0.2) is 24.3 Å². The summed E-state index contributed by atoms with van der Waals surface area (Å²) in [7, 11) is 0. The smallest absolute Gasteiger partial charge is 0.305 e. The van der Waals surface area contributed by atoms with E-state index in [1.807, 2.05) is 0 Å². The summed E-state index contributed by atoms with van der Waals surface area (Å²) in [5.74, 6) is -4.21. The maximum absolute atomic E-state index is 13.0. The van der Waals surface area contributed by atoms with Crippen molar-refractivity contribution in [3.63, 3.8) is 0 Å². The highest BCUT2D eigenvalue weighted by Crippen LogP contribution is 2.29. The first-order valence-corrected chi connectivity index (χ1v) is 10.3. The molecular weight excluding hydrogens is 472 g/mol. The van der Waals surface area contributed by atoms with Gasteiger partial charge in [-0.3, -0.25) is 34.1 Å². The number of hydrogen-bond acceptors (Lipinski definition) is 12. The number of rotatable bonds is 8. The first-order valence-electron chi connectivity index (χ1n) is 10.3. The predicted octanol–water partition coefficient (Wildman–Crippen LogP) is 0.408. The summed E-state index contributed by atoms with van der Waals surface area (Å²) in [6.07, 6.45) is -5.80. The number of benzene rings is 1. The summed E-state index contributed by atoms with van der Waals surface area (Å²) in [5, 5.41) is 13.8. The van der Waals surface area contributed by atoms with Crippen molar-refractivity contribution < 1.29 is 52.6 Å². The van der Waals surface area contributed by atoms with Crippen LogP contribution in [-0.2, 0) is 42.9 Å². The number of amides is 1. The van der Waals surface area contributed by atoms with Gasteiger partial charge < -0.3 is 29.0 Å². The van der Waals surface area contributed by atoms with Crippen LogP contribution >= 0.6 is 0 Å². The third kappa shape index (κ3) is 7.46. The molecule has 1 fully saturated rings. The zero-order valence-corrected chi connectivity index (χ0v) is 19.2. The van der Waals surface area contributed by atoms with E-state index in [-0.39, 0.29) is 5.56 Å². The topological polar surface area (TPSA) is 187 Å². The van der Waals surface area contributed by atoms with Gasteiger partial charge in [0.2, 0.25) is 6.29 Å². The van der Waals surface area contributed by atoms with Gasteiger partial charge >= 0.3 is 23.9 Å². The van der Waals surface area contributed by atoms with E-state index in [9.17, 15) is 34.1 Å². The molecule has 1 N–H and O–H groups in total. The quantitative estimate of drug-likeness (QED) is 0.226. The molecule has 0 aromatic heterocycles. The second-order valence-corrected chi connectivity index (χ2v) is 7.38. The lowest BCUT2D eigenvalue weighted by atomic mass is 9.95. The Bertz CT molecular complexity index is 1010. The van der Waals surface area contributed by atoms with E-state index in [1.54, 1.807) is 0 Å². The molecule has 35 heavy (non-hydrogen) atoms. The lowest BCUT2D eigenvalue weighted by Crippen LogP contribution is -2.67. The second kappa shape index (κ2) is 11.9. The van der Waals surface area contributed by atoms with E-state index in [2.05, 4.69) is 5.32 Å². The number of para-hydroxylation sites is 1. The van der Waals surface area contributed by atoms with Crippen LogP contribution in [0.5, 0.6) is 0 Å². The van der Waals surface area contributed by atoms with Crippen molar-refractivity contribution in [1.82, 2.24) is 5.32 Å². The van der Waals surface area contributed by atoms with E-state index in [1.165, 1.54) is 18.2 Å². The Morgan fingerprint density at radius 1 is 0.914 bits per heavy atom. The third-order valence-corrected chi connectivity index (χ3v) is 4.63. The number of carbonyl (C=O) groups is 5. The van der Waals surface area contributed by atoms with Gasteiger partial charge in [-0.25, -0.2) is 0 Å². The summed E-state index contributed by atoms with van der Waals surface area (Å²) >= 11 is 0. The lowest BCUT2D eigenvalue weighted by Gasteiger charge is -2.44. The van der Waals surface area contributed by atoms with Crippen LogP contribution in [-0.4, -0.2) is 72.0 Å². The highest BCUT2D eigenvalue weighted by atomic mass is 16.7. The molecule has 5 atom stereocenters. The molecule has 0 unspecified atom stereocenters. The summed E-state index contributed by atoms with van der Waals surface area (Å²) in [6, 6.07) is 3.57. The van der Waals surface area contributed by atoms with Gasteiger partial charge in [-0.1, -0.05) is 12.1 Å². The fourth-order valence-corrected chi connectivity index (χ4v) is 3.37. The number of esters is 4. The number of nitrogens with zero attached hydrogens (tertiary/aromatic N) is 1. The summed E-state index contributed by atoms with van der Waals surface area (Å²) in [4.78, 5) is 70.3. The van der Waals surface area contributed by atoms with Gasteiger partial charge in [0.1, 0.15) is 24.3 Å². The van der Waals surface area contributed by atoms with Gasteiger partial charge in [-0.2, -0.15) is 0 Å². The molecule has 190 valence electrons. The molecule has 0 spiro atoms. The Hall–Kier alpha value is -4.07. The largest absolute Gasteiger partial charge is 0.463 e. The second-order valence-electron chi connectivity index (χ2n) is 7.38. The average Bonchev–Trinajstić information content (AvgIpc) is 2.75. The molecule has 14 nitrogen and oxygen atoms in total. The predicted molar refractivity (Wildman–Crippen MR) is 113 cm³/mol. The molecule has 1 heterocycles. The number of hydrogen-bond donors (Lipinski definition) is 1. The van der Waals surface area contributed by atoms with E-state index < -0.39 is 77.6 Å². The van der Waals surface area contributed by atoms with Crippen LogP contribution in [0.2, 0.25) is 0 Å².